The molecular formula is C16H22N2O4. The highest BCUT2D eigenvalue weighted by atomic mass is 16.5. The Labute approximate surface area is 129 Å². The van der Waals surface area contributed by atoms with Gasteiger partial charge in [-0.1, -0.05) is 0 Å². The summed E-state index contributed by atoms with van der Waals surface area (Å²) >= 11 is 0. The molecule has 0 radical (unpaired) electrons. The molecule has 1 aromatic rings. The number of likely N-dealkylation sites (tertiary alicyclic amines) is 1. The normalized spacial score (nSPS) is 27.5. The van der Waals surface area contributed by atoms with Crippen molar-refractivity contribution in [3.63, 3.8) is 0 Å². The van der Waals surface area contributed by atoms with Gasteiger partial charge in [0.05, 0.1) is 18.4 Å². The number of furan rings is 1. The Morgan fingerprint density at radius 2 is 2.27 bits per heavy atom. The summed E-state index contributed by atoms with van der Waals surface area (Å²) < 4.78 is 11.0. The van der Waals surface area contributed by atoms with E-state index in [0.717, 1.165) is 5.76 Å². The van der Waals surface area contributed by atoms with E-state index in [4.69, 9.17) is 9.15 Å². The van der Waals surface area contributed by atoms with Crippen molar-refractivity contribution in [2.45, 2.75) is 19.8 Å². The number of hydrogen-bond donors (Lipinski definition) is 1. The number of amides is 2. The van der Waals surface area contributed by atoms with Crippen molar-refractivity contribution in [2.75, 3.05) is 33.4 Å². The average Bonchev–Trinajstić information content (AvgIpc) is 3.10. The third-order valence-corrected chi connectivity index (χ3v) is 4.86. The quantitative estimate of drug-likeness (QED) is 0.894. The van der Waals surface area contributed by atoms with Crippen LogP contribution in [0.3, 0.4) is 0 Å². The van der Waals surface area contributed by atoms with E-state index in [1.54, 1.807) is 11.9 Å². The minimum Gasteiger partial charge on any atom is -0.466 e. The van der Waals surface area contributed by atoms with E-state index in [2.05, 4.69) is 5.32 Å². The fourth-order valence-electron chi connectivity index (χ4n) is 3.60. The van der Waals surface area contributed by atoms with E-state index < -0.39 is 5.41 Å². The molecule has 6 nitrogen and oxygen atoms in total. The molecule has 120 valence electrons. The molecule has 3 rings (SSSR count). The van der Waals surface area contributed by atoms with Gasteiger partial charge in [-0.25, -0.2) is 0 Å². The van der Waals surface area contributed by atoms with Crippen LogP contribution in [-0.2, 0) is 20.7 Å². The average molecular weight is 306 g/mol. The third-order valence-electron chi connectivity index (χ3n) is 4.86. The van der Waals surface area contributed by atoms with Gasteiger partial charge in [0.25, 0.3) is 0 Å². The number of rotatable bonds is 3. The van der Waals surface area contributed by atoms with Crippen LogP contribution in [0.1, 0.15) is 17.9 Å². The number of carbonyl (C=O) groups is 2. The van der Waals surface area contributed by atoms with Crippen LogP contribution in [0.25, 0.3) is 0 Å². The first-order valence-electron chi connectivity index (χ1n) is 7.68. The number of aryl methyl sites for hydroxylation is 1. The topological polar surface area (TPSA) is 71.8 Å². The van der Waals surface area contributed by atoms with Crippen LogP contribution in [0.2, 0.25) is 0 Å². The zero-order valence-electron chi connectivity index (χ0n) is 13.1. The summed E-state index contributed by atoms with van der Waals surface area (Å²) in [5, 5.41) is 2.76. The molecule has 2 amide bonds. The van der Waals surface area contributed by atoms with Gasteiger partial charge in [0.1, 0.15) is 11.5 Å². The number of carbonyl (C=O) groups excluding carboxylic acids is 2. The van der Waals surface area contributed by atoms with Gasteiger partial charge in [0.15, 0.2) is 0 Å². The predicted molar refractivity (Wildman–Crippen MR) is 79.2 cm³/mol. The number of nitrogens with zero attached hydrogens (tertiary/aromatic N) is 1. The van der Waals surface area contributed by atoms with Crippen molar-refractivity contribution in [1.29, 1.82) is 0 Å². The van der Waals surface area contributed by atoms with Gasteiger partial charge in [0.2, 0.25) is 11.8 Å². The minimum atomic E-state index is -0.498. The van der Waals surface area contributed by atoms with E-state index in [1.165, 1.54) is 0 Å². The van der Waals surface area contributed by atoms with Crippen molar-refractivity contribution in [2.24, 2.45) is 11.3 Å². The van der Waals surface area contributed by atoms with E-state index in [-0.39, 0.29) is 24.2 Å². The Morgan fingerprint density at radius 3 is 2.95 bits per heavy atom. The van der Waals surface area contributed by atoms with Gasteiger partial charge >= 0.3 is 0 Å². The molecule has 0 aliphatic carbocycles. The monoisotopic (exact) mass is 306 g/mol. The molecule has 0 bridgehead atoms. The molecule has 2 aliphatic rings. The Kier molecular flexibility index (Phi) is 3.95. The minimum absolute atomic E-state index is 0.00651. The fraction of sp³-hybridized carbons (Fsp3) is 0.625. The molecule has 2 saturated heterocycles. The first-order valence-corrected chi connectivity index (χ1v) is 7.68. The molecule has 2 fully saturated rings. The van der Waals surface area contributed by atoms with E-state index in [1.807, 2.05) is 19.1 Å². The standard InChI is InChI=1S/C16H22N2O4/c1-11-3-4-13(22-11)7-14(19)18-8-12-9-21-6-5-16(12,10-18)15(20)17-2/h3-4,12H,5-10H2,1-2H3,(H,17,20)/t12-,16+/m1/s1. The molecule has 1 aromatic heterocycles. The van der Waals surface area contributed by atoms with Crippen LogP contribution in [0.5, 0.6) is 0 Å². The lowest BCUT2D eigenvalue weighted by Crippen LogP contribution is -2.49. The molecule has 0 aromatic carbocycles. The van der Waals surface area contributed by atoms with Gasteiger partial charge in [0, 0.05) is 32.7 Å². The summed E-state index contributed by atoms with van der Waals surface area (Å²) in [6.07, 6.45) is 0.909. The van der Waals surface area contributed by atoms with Gasteiger partial charge in [-0.3, -0.25) is 9.59 Å². The number of nitrogens with one attached hydrogen (secondary N) is 1. The predicted octanol–water partition coefficient (Wildman–Crippen LogP) is 0.742. The highest BCUT2D eigenvalue weighted by molar-refractivity contribution is 5.86. The first-order chi connectivity index (χ1) is 10.5. The zero-order chi connectivity index (χ0) is 15.7. The smallest absolute Gasteiger partial charge is 0.230 e. The summed E-state index contributed by atoms with van der Waals surface area (Å²) in [7, 11) is 1.65. The van der Waals surface area contributed by atoms with Gasteiger partial charge in [-0.05, 0) is 25.5 Å². The Bertz CT molecular complexity index is 582. The second-order valence-corrected chi connectivity index (χ2v) is 6.22. The van der Waals surface area contributed by atoms with Gasteiger partial charge in [-0.15, -0.1) is 0 Å². The van der Waals surface area contributed by atoms with Crippen molar-refractivity contribution >= 4 is 11.8 Å². The van der Waals surface area contributed by atoms with Crippen LogP contribution in [0.15, 0.2) is 16.5 Å². The summed E-state index contributed by atoms with van der Waals surface area (Å²) in [5.41, 5.74) is -0.498. The molecule has 3 heterocycles. The molecule has 1 N–H and O–H groups in total. The van der Waals surface area contributed by atoms with Crippen molar-refractivity contribution < 1.29 is 18.7 Å². The summed E-state index contributed by atoms with van der Waals surface area (Å²) in [6, 6.07) is 3.68. The zero-order valence-corrected chi connectivity index (χ0v) is 13.1. The maximum absolute atomic E-state index is 12.5. The molecule has 6 heteroatoms. The van der Waals surface area contributed by atoms with Crippen LogP contribution < -0.4 is 5.32 Å². The summed E-state index contributed by atoms with van der Waals surface area (Å²) in [5.74, 6) is 1.57. The van der Waals surface area contributed by atoms with Crippen molar-refractivity contribution in [1.82, 2.24) is 10.2 Å². The first kappa shape index (κ1) is 15.1. The fourth-order valence-corrected chi connectivity index (χ4v) is 3.60. The second kappa shape index (κ2) is 5.76. The number of ether oxygens (including phenoxy) is 1. The lowest BCUT2D eigenvalue weighted by molar-refractivity contribution is -0.139. The SMILES string of the molecule is CNC(=O)[C@]12CCOC[C@H]1CN(C(=O)Cc1ccc(C)o1)C2. The van der Waals surface area contributed by atoms with E-state index in [0.29, 0.717) is 38.5 Å². The van der Waals surface area contributed by atoms with E-state index in [9.17, 15) is 9.59 Å². The highest BCUT2D eigenvalue weighted by Gasteiger charge is 2.54. The summed E-state index contributed by atoms with van der Waals surface area (Å²) in [4.78, 5) is 26.7. The molecule has 0 unspecified atom stereocenters. The van der Waals surface area contributed by atoms with Crippen LogP contribution in [-0.4, -0.2) is 50.1 Å². The lowest BCUT2D eigenvalue weighted by Gasteiger charge is -2.36. The van der Waals surface area contributed by atoms with Crippen LogP contribution >= 0.6 is 0 Å². The Balaban J connectivity index is 1.73. The molecule has 22 heavy (non-hydrogen) atoms. The third kappa shape index (κ3) is 2.52. The highest BCUT2D eigenvalue weighted by Crippen LogP contribution is 2.42. The molecule has 2 atom stereocenters. The van der Waals surface area contributed by atoms with Crippen molar-refractivity contribution in [3.8, 4) is 0 Å². The second-order valence-electron chi connectivity index (χ2n) is 6.22. The number of hydrogen-bond acceptors (Lipinski definition) is 4. The molecule has 2 aliphatic heterocycles. The molecular weight excluding hydrogens is 284 g/mol. The largest absolute Gasteiger partial charge is 0.466 e. The van der Waals surface area contributed by atoms with Crippen LogP contribution in [0.4, 0.5) is 0 Å². The van der Waals surface area contributed by atoms with Gasteiger partial charge in [-0.2, -0.15) is 0 Å². The van der Waals surface area contributed by atoms with Gasteiger partial charge < -0.3 is 19.4 Å². The molecule has 0 spiro atoms. The Hall–Kier alpha value is -1.82. The lowest BCUT2D eigenvalue weighted by atomic mass is 9.73. The Morgan fingerprint density at radius 1 is 1.45 bits per heavy atom. The number of fused-ring (bicyclic) bond motifs is 1. The summed E-state index contributed by atoms with van der Waals surface area (Å²) in [6.45, 7) is 4.02. The van der Waals surface area contributed by atoms with Crippen molar-refractivity contribution in [3.05, 3.63) is 23.7 Å². The maximum Gasteiger partial charge on any atom is 0.230 e. The van der Waals surface area contributed by atoms with Crippen LogP contribution in [0, 0.1) is 18.3 Å². The van der Waals surface area contributed by atoms with E-state index >= 15 is 0 Å². The maximum atomic E-state index is 12.5. The molecule has 0 saturated carbocycles.